The minimum absolute atomic E-state index is 0.244. The van der Waals surface area contributed by atoms with Crippen LogP contribution in [0.25, 0.3) is 0 Å². The lowest BCUT2D eigenvalue weighted by molar-refractivity contribution is -0.291. The predicted molar refractivity (Wildman–Crippen MR) is 46.0 cm³/mol. The van der Waals surface area contributed by atoms with Gasteiger partial charge in [-0.05, 0) is 17.7 Å². The summed E-state index contributed by atoms with van der Waals surface area (Å²) in [5.74, 6) is -5.25. The van der Waals surface area contributed by atoms with Gasteiger partial charge in [0.15, 0.2) is 0 Å². The van der Waals surface area contributed by atoms with Crippen molar-refractivity contribution in [3.05, 3.63) is 29.8 Å². The molecule has 0 saturated heterocycles. The Morgan fingerprint density at radius 2 is 1.44 bits per heavy atom. The Labute approximate surface area is 87.5 Å². The van der Waals surface area contributed by atoms with Crippen LogP contribution in [0.2, 0.25) is 0 Å². The fraction of sp³-hybridized carbons (Fsp3) is 0.333. The minimum Gasteiger partial charge on any atom is -0.508 e. The van der Waals surface area contributed by atoms with E-state index < -0.39 is 23.7 Å². The molecular weight excluding hydrogens is 233 g/mol. The molecule has 1 aromatic rings. The quantitative estimate of drug-likeness (QED) is 0.782. The normalized spacial score (nSPS) is 14.9. The molecule has 16 heavy (non-hydrogen) atoms. The highest BCUT2D eigenvalue weighted by Gasteiger charge is 2.61. The van der Waals surface area contributed by atoms with Gasteiger partial charge in [0.25, 0.3) is 0 Å². The molecule has 0 aliphatic rings. The van der Waals surface area contributed by atoms with Crippen LogP contribution in [0.1, 0.15) is 11.6 Å². The van der Waals surface area contributed by atoms with Crippen molar-refractivity contribution in [2.45, 2.75) is 18.1 Å². The van der Waals surface area contributed by atoms with E-state index in [4.69, 9.17) is 10.8 Å². The van der Waals surface area contributed by atoms with Crippen LogP contribution in [0, 0.1) is 0 Å². The average molecular weight is 241 g/mol. The number of phenols is 1. The van der Waals surface area contributed by atoms with Gasteiger partial charge in [0.05, 0.1) is 0 Å². The fourth-order valence-corrected chi connectivity index (χ4v) is 1.07. The molecule has 1 aromatic carbocycles. The van der Waals surface area contributed by atoms with Crippen molar-refractivity contribution in [2.75, 3.05) is 0 Å². The number of rotatable bonds is 2. The summed E-state index contributed by atoms with van der Waals surface area (Å²) >= 11 is 0. The molecule has 0 unspecified atom stereocenters. The molecule has 0 heterocycles. The molecule has 1 atom stereocenters. The number of hydrogen-bond acceptors (Lipinski definition) is 2. The highest BCUT2D eigenvalue weighted by Crippen LogP contribution is 2.43. The van der Waals surface area contributed by atoms with Crippen molar-refractivity contribution in [1.29, 1.82) is 0 Å². The molecule has 0 aromatic heterocycles. The Morgan fingerprint density at radius 1 is 1.00 bits per heavy atom. The Morgan fingerprint density at radius 3 is 1.81 bits per heavy atom. The first-order valence-corrected chi connectivity index (χ1v) is 4.15. The van der Waals surface area contributed by atoms with Crippen molar-refractivity contribution < 1.29 is 27.1 Å². The third kappa shape index (κ3) is 2.24. The Bertz CT molecular complexity index is 359. The molecule has 0 saturated carbocycles. The summed E-state index contributed by atoms with van der Waals surface area (Å²) in [6, 6.07) is 1.32. The van der Waals surface area contributed by atoms with Crippen molar-refractivity contribution in [3.8, 4) is 5.75 Å². The lowest BCUT2D eigenvalue weighted by Gasteiger charge is -2.25. The Hall–Kier alpha value is -1.37. The van der Waals surface area contributed by atoms with Gasteiger partial charge >= 0.3 is 12.1 Å². The maximum Gasteiger partial charge on any atom is 0.455 e. The van der Waals surface area contributed by atoms with Gasteiger partial charge in [-0.3, -0.25) is 0 Å². The lowest BCUT2D eigenvalue weighted by Crippen LogP contribution is -2.45. The van der Waals surface area contributed by atoms with Crippen LogP contribution in [-0.2, 0) is 0 Å². The molecule has 7 heteroatoms. The molecule has 0 bridgehead atoms. The molecule has 2 nitrogen and oxygen atoms in total. The minimum atomic E-state index is -5.70. The molecule has 0 amide bonds. The monoisotopic (exact) mass is 241 g/mol. The van der Waals surface area contributed by atoms with Gasteiger partial charge in [0, 0.05) is 0 Å². The number of phenolic OH excluding ortho intramolecular Hbond substituents is 1. The molecule has 0 spiro atoms. The molecule has 1 rings (SSSR count). The second kappa shape index (κ2) is 3.89. The van der Waals surface area contributed by atoms with E-state index >= 15 is 0 Å². The van der Waals surface area contributed by atoms with E-state index in [-0.39, 0.29) is 5.75 Å². The van der Waals surface area contributed by atoms with Crippen LogP contribution in [0.3, 0.4) is 0 Å². The van der Waals surface area contributed by atoms with E-state index in [1.807, 2.05) is 0 Å². The van der Waals surface area contributed by atoms with Crippen molar-refractivity contribution in [1.82, 2.24) is 0 Å². The highest BCUT2D eigenvalue weighted by molar-refractivity contribution is 5.29. The average Bonchev–Trinajstić information content (AvgIpc) is 2.16. The van der Waals surface area contributed by atoms with Crippen LogP contribution < -0.4 is 5.73 Å². The van der Waals surface area contributed by atoms with Crippen LogP contribution >= 0.6 is 0 Å². The van der Waals surface area contributed by atoms with E-state index in [0.29, 0.717) is 0 Å². The van der Waals surface area contributed by atoms with E-state index in [1.54, 1.807) is 0 Å². The summed E-state index contributed by atoms with van der Waals surface area (Å²) in [5, 5.41) is 8.85. The van der Waals surface area contributed by atoms with Crippen LogP contribution in [-0.4, -0.2) is 17.2 Å². The third-order valence-electron chi connectivity index (χ3n) is 2.02. The first kappa shape index (κ1) is 12.7. The van der Waals surface area contributed by atoms with Crippen LogP contribution in [0.15, 0.2) is 24.3 Å². The summed E-state index contributed by atoms with van der Waals surface area (Å²) in [6.07, 6.45) is -5.70. The summed E-state index contributed by atoms with van der Waals surface area (Å²) in [4.78, 5) is 0. The van der Waals surface area contributed by atoms with Gasteiger partial charge in [0.1, 0.15) is 11.8 Å². The standard InChI is InChI=1S/C9H8F5NO/c10-8(11,9(12,13)14)7(15)5-1-3-6(16)4-2-5/h1-4,7,16H,15H2/t7-/m1/s1. The topological polar surface area (TPSA) is 46.2 Å². The Balaban J connectivity index is 3.02. The first-order valence-electron chi connectivity index (χ1n) is 4.15. The molecular formula is C9H8F5NO. The number of aromatic hydroxyl groups is 1. The zero-order chi connectivity index (χ0) is 12.6. The zero-order valence-corrected chi connectivity index (χ0v) is 7.80. The maximum absolute atomic E-state index is 12.8. The summed E-state index contributed by atoms with van der Waals surface area (Å²) in [7, 11) is 0. The number of halogens is 5. The number of benzene rings is 1. The largest absolute Gasteiger partial charge is 0.508 e. The maximum atomic E-state index is 12.8. The summed E-state index contributed by atoms with van der Waals surface area (Å²) in [6.45, 7) is 0. The fourth-order valence-electron chi connectivity index (χ4n) is 1.07. The predicted octanol–water partition coefficient (Wildman–Crippen LogP) is 2.59. The lowest BCUT2D eigenvalue weighted by atomic mass is 10.0. The molecule has 90 valence electrons. The van der Waals surface area contributed by atoms with Gasteiger partial charge in [-0.1, -0.05) is 12.1 Å². The second-order valence-electron chi connectivity index (χ2n) is 3.19. The van der Waals surface area contributed by atoms with E-state index in [2.05, 4.69) is 0 Å². The van der Waals surface area contributed by atoms with Crippen molar-refractivity contribution in [3.63, 3.8) is 0 Å². The molecule has 3 N–H and O–H groups in total. The SMILES string of the molecule is N[C@H](c1ccc(O)cc1)C(F)(F)C(F)(F)F. The summed E-state index contributed by atoms with van der Waals surface area (Å²) < 4.78 is 61.5. The first-order chi connectivity index (χ1) is 7.16. The third-order valence-corrected chi connectivity index (χ3v) is 2.02. The highest BCUT2D eigenvalue weighted by atomic mass is 19.4. The van der Waals surface area contributed by atoms with E-state index in [9.17, 15) is 22.0 Å². The molecule has 0 fully saturated rings. The van der Waals surface area contributed by atoms with Crippen LogP contribution in [0.4, 0.5) is 22.0 Å². The Kier molecular flexibility index (Phi) is 3.09. The van der Waals surface area contributed by atoms with Gasteiger partial charge in [-0.2, -0.15) is 22.0 Å². The second-order valence-corrected chi connectivity index (χ2v) is 3.19. The van der Waals surface area contributed by atoms with E-state index in [0.717, 1.165) is 24.3 Å². The molecule has 0 radical (unpaired) electrons. The zero-order valence-electron chi connectivity index (χ0n) is 7.80. The van der Waals surface area contributed by atoms with Gasteiger partial charge in [0.2, 0.25) is 0 Å². The van der Waals surface area contributed by atoms with Crippen LogP contribution in [0.5, 0.6) is 5.75 Å². The van der Waals surface area contributed by atoms with Gasteiger partial charge in [-0.25, -0.2) is 0 Å². The van der Waals surface area contributed by atoms with E-state index in [1.165, 1.54) is 0 Å². The van der Waals surface area contributed by atoms with Crippen molar-refractivity contribution >= 4 is 0 Å². The molecule has 0 aliphatic heterocycles. The van der Waals surface area contributed by atoms with Gasteiger partial charge < -0.3 is 10.8 Å². The number of hydrogen-bond donors (Lipinski definition) is 2. The van der Waals surface area contributed by atoms with Gasteiger partial charge in [-0.15, -0.1) is 0 Å². The molecule has 0 aliphatic carbocycles. The number of alkyl halides is 5. The van der Waals surface area contributed by atoms with Crippen molar-refractivity contribution in [2.24, 2.45) is 5.73 Å². The summed E-state index contributed by atoms with van der Waals surface area (Å²) in [5.41, 5.74) is 4.45. The smallest absolute Gasteiger partial charge is 0.455 e. The number of nitrogens with two attached hydrogens (primary N) is 1.